The van der Waals surface area contributed by atoms with Gasteiger partial charge in [0.2, 0.25) is 11.8 Å². The van der Waals surface area contributed by atoms with E-state index in [1.54, 1.807) is 11.0 Å². The van der Waals surface area contributed by atoms with Crippen molar-refractivity contribution in [1.82, 2.24) is 4.90 Å². The molecule has 0 N–H and O–H groups in total. The number of amides is 1. The highest BCUT2D eigenvalue weighted by Crippen LogP contribution is 2.38. The highest BCUT2D eigenvalue weighted by Gasteiger charge is 2.56. The van der Waals surface area contributed by atoms with E-state index in [0.29, 0.717) is 12.3 Å². The summed E-state index contributed by atoms with van der Waals surface area (Å²) in [5.41, 5.74) is -0.740. The Balaban J connectivity index is 2.52. The Hall–Kier alpha value is -1.65. The summed E-state index contributed by atoms with van der Waals surface area (Å²) in [6.07, 6.45) is 2.47. The van der Waals surface area contributed by atoms with Crippen LogP contribution in [0.15, 0.2) is 17.6 Å². The number of fused-ring (bicyclic) bond motifs is 1. The van der Waals surface area contributed by atoms with Crippen LogP contribution in [0.3, 0.4) is 0 Å². The second-order valence-corrected chi connectivity index (χ2v) is 5.49. The molecule has 0 aromatic carbocycles. The maximum absolute atomic E-state index is 12.5. The third kappa shape index (κ3) is 1.97. The van der Waals surface area contributed by atoms with Gasteiger partial charge in [-0.25, -0.2) is 4.99 Å². The van der Waals surface area contributed by atoms with Gasteiger partial charge in [0.05, 0.1) is 13.7 Å². The maximum atomic E-state index is 12.5. The van der Waals surface area contributed by atoms with Gasteiger partial charge in [0.1, 0.15) is 11.6 Å². The Morgan fingerprint density at radius 1 is 1.58 bits per heavy atom. The number of rotatable bonds is 3. The SMILES string of the molecule is C=CC[C@@]12CC(=O)CN1C(=O)[C@@H](C(C)C)N=C2OC. The lowest BCUT2D eigenvalue weighted by Crippen LogP contribution is -2.60. The lowest BCUT2D eigenvalue weighted by molar-refractivity contribution is -0.138. The van der Waals surface area contributed by atoms with E-state index in [1.165, 1.54) is 7.11 Å². The van der Waals surface area contributed by atoms with Gasteiger partial charge in [-0.15, -0.1) is 6.58 Å². The molecular formula is C14H20N2O3. The van der Waals surface area contributed by atoms with Crippen molar-refractivity contribution < 1.29 is 14.3 Å². The number of nitrogens with zero attached hydrogens (tertiary/aromatic N) is 2. The first-order chi connectivity index (χ1) is 8.96. The summed E-state index contributed by atoms with van der Waals surface area (Å²) in [6.45, 7) is 7.76. The molecule has 5 nitrogen and oxygen atoms in total. The van der Waals surface area contributed by atoms with E-state index in [0.717, 1.165) is 0 Å². The fourth-order valence-corrected chi connectivity index (χ4v) is 2.93. The van der Waals surface area contributed by atoms with Crippen molar-refractivity contribution in [1.29, 1.82) is 0 Å². The molecule has 0 aromatic rings. The predicted molar refractivity (Wildman–Crippen MR) is 72.0 cm³/mol. The maximum Gasteiger partial charge on any atom is 0.249 e. The number of carbonyl (C=O) groups is 2. The molecular weight excluding hydrogens is 244 g/mol. The van der Waals surface area contributed by atoms with E-state index >= 15 is 0 Å². The fraction of sp³-hybridized carbons (Fsp3) is 0.643. The first-order valence-electron chi connectivity index (χ1n) is 6.52. The summed E-state index contributed by atoms with van der Waals surface area (Å²) in [4.78, 5) is 30.4. The van der Waals surface area contributed by atoms with E-state index in [2.05, 4.69) is 11.6 Å². The first kappa shape index (κ1) is 13.8. The minimum atomic E-state index is -0.740. The normalized spacial score (nSPS) is 30.4. The van der Waals surface area contributed by atoms with E-state index in [-0.39, 0.29) is 30.6 Å². The first-order valence-corrected chi connectivity index (χ1v) is 6.52. The van der Waals surface area contributed by atoms with Gasteiger partial charge in [-0.1, -0.05) is 19.9 Å². The highest BCUT2D eigenvalue weighted by molar-refractivity contribution is 6.06. The van der Waals surface area contributed by atoms with Crippen molar-refractivity contribution in [3.63, 3.8) is 0 Å². The zero-order valence-corrected chi connectivity index (χ0v) is 11.7. The minimum Gasteiger partial charge on any atom is -0.483 e. The lowest BCUT2D eigenvalue weighted by atomic mass is 9.87. The van der Waals surface area contributed by atoms with Crippen LogP contribution in [-0.4, -0.2) is 47.7 Å². The van der Waals surface area contributed by atoms with E-state index in [9.17, 15) is 9.59 Å². The highest BCUT2D eigenvalue weighted by atomic mass is 16.5. The number of ether oxygens (including phenoxy) is 1. The summed E-state index contributed by atoms with van der Waals surface area (Å²) >= 11 is 0. The third-order valence-corrected chi connectivity index (χ3v) is 3.82. The van der Waals surface area contributed by atoms with Crippen LogP contribution >= 0.6 is 0 Å². The van der Waals surface area contributed by atoms with Gasteiger partial charge in [0, 0.05) is 6.42 Å². The number of methoxy groups -OCH3 is 1. The molecule has 0 unspecified atom stereocenters. The van der Waals surface area contributed by atoms with Crippen LogP contribution < -0.4 is 0 Å². The van der Waals surface area contributed by atoms with Crippen LogP contribution in [0.5, 0.6) is 0 Å². The molecule has 0 bridgehead atoms. The molecule has 0 saturated carbocycles. The van der Waals surface area contributed by atoms with Gasteiger partial charge in [0.15, 0.2) is 5.78 Å². The van der Waals surface area contributed by atoms with Crippen molar-refractivity contribution in [2.24, 2.45) is 10.9 Å². The summed E-state index contributed by atoms with van der Waals surface area (Å²) in [5.74, 6) is 0.527. The number of hydrogen-bond donors (Lipinski definition) is 0. The van der Waals surface area contributed by atoms with Crippen LogP contribution in [-0.2, 0) is 14.3 Å². The average molecular weight is 264 g/mol. The second-order valence-electron chi connectivity index (χ2n) is 5.49. The number of hydrogen-bond acceptors (Lipinski definition) is 4. The summed E-state index contributed by atoms with van der Waals surface area (Å²) in [7, 11) is 1.54. The van der Waals surface area contributed by atoms with Crippen molar-refractivity contribution in [3.8, 4) is 0 Å². The summed E-state index contributed by atoms with van der Waals surface area (Å²) in [5, 5.41) is 0. The van der Waals surface area contributed by atoms with Crippen LogP contribution in [0, 0.1) is 5.92 Å². The lowest BCUT2D eigenvalue weighted by Gasteiger charge is -2.42. The molecule has 2 heterocycles. The second kappa shape index (κ2) is 4.79. The number of Topliss-reactive ketones (excluding diaryl/α,β-unsaturated/α-hetero) is 1. The number of ketones is 1. The molecule has 2 aliphatic heterocycles. The molecule has 0 aromatic heterocycles. The smallest absolute Gasteiger partial charge is 0.249 e. The van der Waals surface area contributed by atoms with Crippen LogP contribution in [0.2, 0.25) is 0 Å². The van der Waals surface area contributed by atoms with Gasteiger partial charge in [-0.3, -0.25) is 9.59 Å². The monoisotopic (exact) mass is 264 g/mol. The summed E-state index contributed by atoms with van der Waals surface area (Å²) < 4.78 is 5.39. The molecule has 104 valence electrons. The Kier molecular flexibility index (Phi) is 3.47. The van der Waals surface area contributed by atoms with E-state index in [1.807, 2.05) is 13.8 Å². The molecule has 0 aliphatic carbocycles. The number of aliphatic imine (C=N–C) groups is 1. The van der Waals surface area contributed by atoms with Crippen molar-refractivity contribution in [3.05, 3.63) is 12.7 Å². The van der Waals surface area contributed by atoms with Crippen LogP contribution in [0.25, 0.3) is 0 Å². The molecule has 1 fully saturated rings. The van der Waals surface area contributed by atoms with Gasteiger partial charge >= 0.3 is 0 Å². The van der Waals surface area contributed by atoms with E-state index < -0.39 is 11.6 Å². The molecule has 1 saturated heterocycles. The molecule has 2 rings (SSSR count). The molecule has 2 aliphatic rings. The Morgan fingerprint density at radius 2 is 2.26 bits per heavy atom. The quantitative estimate of drug-likeness (QED) is 0.719. The molecule has 0 spiro atoms. The van der Waals surface area contributed by atoms with Crippen molar-refractivity contribution >= 4 is 17.6 Å². The molecule has 1 amide bonds. The third-order valence-electron chi connectivity index (χ3n) is 3.82. The predicted octanol–water partition coefficient (Wildman–Crippen LogP) is 1.19. The van der Waals surface area contributed by atoms with Crippen LogP contribution in [0.1, 0.15) is 26.7 Å². The Bertz CT molecular complexity index is 456. The Labute approximate surface area is 113 Å². The van der Waals surface area contributed by atoms with Gasteiger partial charge in [0.25, 0.3) is 0 Å². The zero-order valence-electron chi connectivity index (χ0n) is 11.7. The summed E-state index contributed by atoms with van der Waals surface area (Å²) in [6, 6.07) is -0.459. The largest absolute Gasteiger partial charge is 0.483 e. The van der Waals surface area contributed by atoms with Gasteiger partial charge < -0.3 is 9.64 Å². The average Bonchev–Trinajstić information content (AvgIpc) is 2.68. The topological polar surface area (TPSA) is 59.0 Å². The zero-order chi connectivity index (χ0) is 14.2. The Morgan fingerprint density at radius 3 is 2.79 bits per heavy atom. The van der Waals surface area contributed by atoms with Crippen molar-refractivity contribution in [2.75, 3.05) is 13.7 Å². The van der Waals surface area contributed by atoms with Gasteiger partial charge in [-0.2, -0.15) is 0 Å². The minimum absolute atomic E-state index is 0.0457. The molecule has 0 radical (unpaired) electrons. The molecule has 2 atom stereocenters. The molecule has 5 heteroatoms. The molecule has 19 heavy (non-hydrogen) atoms. The van der Waals surface area contributed by atoms with Crippen LogP contribution in [0.4, 0.5) is 0 Å². The van der Waals surface area contributed by atoms with Crippen molar-refractivity contribution in [2.45, 2.75) is 38.3 Å². The van der Waals surface area contributed by atoms with E-state index in [4.69, 9.17) is 4.74 Å². The fourth-order valence-electron chi connectivity index (χ4n) is 2.93. The van der Waals surface area contributed by atoms with Gasteiger partial charge in [-0.05, 0) is 12.3 Å². The standard InChI is InChI=1S/C14H20N2O3/c1-5-6-14-7-10(17)8-16(14)12(18)11(9(2)3)15-13(14)19-4/h5,9,11H,1,6-8H2,2-4H3/t11-,14+/m1/s1. The number of carbonyl (C=O) groups excluding carboxylic acids is 2.